The number of ether oxygens (including phenoxy) is 1. The molecule has 0 saturated heterocycles. The summed E-state index contributed by atoms with van der Waals surface area (Å²) < 4.78 is 5.38. The first-order valence-electron chi connectivity index (χ1n) is 7.31. The quantitative estimate of drug-likeness (QED) is 0.748. The number of aromatic amines is 1. The first-order valence-corrected chi connectivity index (χ1v) is 7.68. The van der Waals surface area contributed by atoms with E-state index in [9.17, 15) is 4.79 Å². The molecule has 0 spiro atoms. The van der Waals surface area contributed by atoms with E-state index >= 15 is 0 Å². The minimum atomic E-state index is -0.0841. The van der Waals surface area contributed by atoms with Gasteiger partial charge in [0.25, 0.3) is 0 Å². The molecule has 1 heterocycles. The first kappa shape index (κ1) is 15.4. The fourth-order valence-electron chi connectivity index (χ4n) is 2.32. The van der Waals surface area contributed by atoms with Crippen molar-refractivity contribution in [1.29, 1.82) is 0 Å². The normalized spacial score (nSPS) is 10.7. The number of benzene rings is 2. The van der Waals surface area contributed by atoms with Crippen molar-refractivity contribution in [2.24, 2.45) is 0 Å². The van der Waals surface area contributed by atoms with Crippen LogP contribution in [0.15, 0.2) is 42.5 Å². The zero-order valence-electron chi connectivity index (χ0n) is 12.6. The van der Waals surface area contributed by atoms with Crippen LogP contribution in [0.2, 0.25) is 5.28 Å². The van der Waals surface area contributed by atoms with Gasteiger partial charge in [-0.1, -0.05) is 12.1 Å². The Kier molecular flexibility index (Phi) is 4.48. The van der Waals surface area contributed by atoms with Crippen molar-refractivity contribution in [3.8, 4) is 5.75 Å². The number of nitrogens with one attached hydrogen (secondary N) is 2. The van der Waals surface area contributed by atoms with Gasteiger partial charge in [0, 0.05) is 5.69 Å². The van der Waals surface area contributed by atoms with E-state index in [1.54, 1.807) is 6.07 Å². The second-order valence-corrected chi connectivity index (χ2v) is 5.42. The molecule has 2 aromatic carbocycles. The van der Waals surface area contributed by atoms with Crippen LogP contribution in [0.25, 0.3) is 11.0 Å². The van der Waals surface area contributed by atoms with E-state index in [0.717, 1.165) is 22.3 Å². The van der Waals surface area contributed by atoms with Gasteiger partial charge in [-0.2, -0.15) is 0 Å². The van der Waals surface area contributed by atoms with E-state index in [-0.39, 0.29) is 5.91 Å². The monoisotopic (exact) mass is 329 g/mol. The fourth-order valence-corrected chi connectivity index (χ4v) is 2.51. The Morgan fingerprint density at radius 2 is 2.04 bits per heavy atom. The largest absolute Gasteiger partial charge is 0.494 e. The number of anilines is 1. The molecule has 23 heavy (non-hydrogen) atoms. The Bertz CT molecular complexity index is 827. The van der Waals surface area contributed by atoms with Gasteiger partial charge in [0.15, 0.2) is 0 Å². The highest BCUT2D eigenvalue weighted by Gasteiger charge is 2.07. The van der Waals surface area contributed by atoms with E-state index in [2.05, 4.69) is 15.3 Å². The van der Waals surface area contributed by atoms with Crippen LogP contribution in [-0.4, -0.2) is 22.5 Å². The maximum absolute atomic E-state index is 12.1. The van der Waals surface area contributed by atoms with Crippen molar-refractivity contribution in [1.82, 2.24) is 9.97 Å². The number of rotatable bonds is 5. The molecule has 0 unspecified atom stereocenters. The van der Waals surface area contributed by atoms with E-state index in [1.807, 2.05) is 43.3 Å². The number of halogens is 1. The smallest absolute Gasteiger partial charge is 0.228 e. The van der Waals surface area contributed by atoms with Crippen molar-refractivity contribution in [3.63, 3.8) is 0 Å². The molecule has 0 radical (unpaired) electrons. The number of imidazole rings is 1. The second-order valence-electron chi connectivity index (χ2n) is 5.06. The van der Waals surface area contributed by atoms with Crippen LogP contribution in [-0.2, 0) is 11.2 Å². The summed E-state index contributed by atoms with van der Waals surface area (Å²) in [7, 11) is 0. The van der Waals surface area contributed by atoms with Gasteiger partial charge in [0.2, 0.25) is 11.2 Å². The SMILES string of the molecule is CCOc1ccc(CC(=O)Nc2ccc3nc(Cl)[nH]c3c2)cc1. The molecule has 5 nitrogen and oxygen atoms in total. The minimum absolute atomic E-state index is 0.0841. The maximum atomic E-state index is 12.1. The number of nitrogens with zero attached hydrogens (tertiary/aromatic N) is 1. The topological polar surface area (TPSA) is 67.0 Å². The Labute approximate surface area is 138 Å². The predicted molar refractivity (Wildman–Crippen MR) is 91.0 cm³/mol. The van der Waals surface area contributed by atoms with Gasteiger partial charge < -0.3 is 15.0 Å². The average molecular weight is 330 g/mol. The summed E-state index contributed by atoms with van der Waals surface area (Å²) in [5.74, 6) is 0.720. The van der Waals surface area contributed by atoms with Crippen LogP contribution < -0.4 is 10.1 Å². The number of fused-ring (bicyclic) bond motifs is 1. The van der Waals surface area contributed by atoms with E-state index in [1.165, 1.54) is 0 Å². The molecule has 1 aromatic heterocycles. The lowest BCUT2D eigenvalue weighted by Crippen LogP contribution is -2.14. The Balaban J connectivity index is 1.65. The third kappa shape index (κ3) is 3.81. The van der Waals surface area contributed by atoms with Gasteiger partial charge >= 0.3 is 0 Å². The molecule has 0 saturated carbocycles. The van der Waals surface area contributed by atoms with Crippen LogP contribution in [0.5, 0.6) is 5.75 Å². The third-order valence-electron chi connectivity index (χ3n) is 3.34. The summed E-state index contributed by atoms with van der Waals surface area (Å²) in [5, 5.41) is 3.20. The lowest BCUT2D eigenvalue weighted by atomic mass is 10.1. The van der Waals surface area contributed by atoms with E-state index in [4.69, 9.17) is 16.3 Å². The third-order valence-corrected chi connectivity index (χ3v) is 3.51. The number of amides is 1. The van der Waals surface area contributed by atoms with Gasteiger partial charge in [0.1, 0.15) is 5.75 Å². The zero-order valence-corrected chi connectivity index (χ0v) is 13.4. The Morgan fingerprint density at radius 3 is 2.78 bits per heavy atom. The molecule has 0 aliphatic carbocycles. The summed E-state index contributed by atoms with van der Waals surface area (Å²) in [4.78, 5) is 19.2. The van der Waals surface area contributed by atoms with Gasteiger partial charge in [-0.15, -0.1) is 0 Å². The van der Waals surface area contributed by atoms with Crippen LogP contribution in [0.3, 0.4) is 0 Å². The number of carbonyl (C=O) groups excluding carboxylic acids is 1. The van der Waals surface area contributed by atoms with E-state index < -0.39 is 0 Å². The highest BCUT2D eigenvalue weighted by atomic mass is 35.5. The van der Waals surface area contributed by atoms with Crippen molar-refractivity contribution in [2.45, 2.75) is 13.3 Å². The predicted octanol–water partition coefficient (Wildman–Crippen LogP) is 3.80. The van der Waals surface area contributed by atoms with Gasteiger partial charge in [-0.05, 0) is 54.4 Å². The number of aromatic nitrogens is 2. The highest BCUT2D eigenvalue weighted by molar-refractivity contribution is 6.29. The maximum Gasteiger partial charge on any atom is 0.228 e. The Hall–Kier alpha value is -2.53. The standard InChI is InChI=1S/C17H16ClN3O2/c1-2-23-13-6-3-11(4-7-13)9-16(22)19-12-5-8-14-15(10-12)21-17(18)20-14/h3-8,10H,2,9H2,1H3,(H,19,22)(H,20,21). The molecule has 0 aliphatic rings. The van der Waals surface area contributed by atoms with Crippen molar-refractivity contribution >= 4 is 34.2 Å². The summed E-state index contributed by atoms with van der Waals surface area (Å²) >= 11 is 5.82. The summed E-state index contributed by atoms with van der Waals surface area (Å²) in [6, 6.07) is 12.9. The van der Waals surface area contributed by atoms with Gasteiger partial charge in [-0.25, -0.2) is 4.98 Å². The van der Waals surface area contributed by atoms with Crippen molar-refractivity contribution in [3.05, 3.63) is 53.3 Å². The summed E-state index contributed by atoms with van der Waals surface area (Å²) in [6.07, 6.45) is 0.300. The molecule has 2 N–H and O–H groups in total. The Morgan fingerprint density at radius 1 is 1.26 bits per heavy atom. The first-order chi connectivity index (χ1) is 11.1. The van der Waals surface area contributed by atoms with Crippen LogP contribution in [0.4, 0.5) is 5.69 Å². The van der Waals surface area contributed by atoms with Crippen LogP contribution >= 0.6 is 11.6 Å². The second kappa shape index (κ2) is 6.71. The summed E-state index contributed by atoms with van der Waals surface area (Å²) in [5.41, 5.74) is 3.18. The van der Waals surface area contributed by atoms with E-state index in [0.29, 0.717) is 24.0 Å². The number of hydrogen-bond acceptors (Lipinski definition) is 3. The fraction of sp³-hybridized carbons (Fsp3) is 0.176. The molecular formula is C17H16ClN3O2. The highest BCUT2D eigenvalue weighted by Crippen LogP contribution is 2.19. The lowest BCUT2D eigenvalue weighted by Gasteiger charge is -2.07. The molecule has 118 valence electrons. The van der Waals surface area contributed by atoms with Crippen molar-refractivity contribution in [2.75, 3.05) is 11.9 Å². The molecule has 0 atom stereocenters. The molecule has 3 rings (SSSR count). The zero-order chi connectivity index (χ0) is 16.2. The van der Waals surface area contributed by atoms with Crippen LogP contribution in [0.1, 0.15) is 12.5 Å². The van der Waals surface area contributed by atoms with Crippen molar-refractivity contribution < 1.29 is 9.53 Å². The molecular weight excluding hydrogens is 314 g/mol. The molecule has 0 aliphatic heterocycles. The molecule has 0 fully saturated rings. The molecule has 6 heteroatoms. The lowest BCUT2D eigenvalue weighted by molar-refractivity contribution is -0.115. The number of carbonyl (C=O) groups is 1. The van der Waals surface area contributed by atoms with Gasteiger partial charge in [-0.3, -0.25) is 4.79 Å². The van der Waals surface area contributed by atoms with Gasteiger partial charge in [0.05, 0.1) is 24.1 Å². The van der Waals surface area contributed by atoms with Crippen LogP contribution in [0, 0.1) is 0 Å². The number of hydrogen-bond donors (Lipinski definition) is 2. The molecule has 3 aromatic rings. The average Bonchev–Trinajstić information content (AvgIpc) is 2.89. The number of H-pyrrole nitrogens is 1. The molecule has 1 amide bonds. The molecule has 0 bridgehead atoms. The summed E-state index contributed by atoms with van der Waals surface area (Å²) in [6.45, 7) is 2.56. The minimum Gasteiger partial charge on any atom is -0.494 e.